The average molecular weight is 360 g/mol. The summed E-state index contributed by atoms with van der Waals surface area (Å²) in [6, 6.07) is 14.8. The maximum absolute atomic E-state index is 12.7. The second-order valence-electron chi connectivity index (χ2n) is 5.79. The van der Waals surface area contributed by atoms with Crippen LogP contribution in [0.15, 0.2) is 59.5 Å². The van der Waals surface area contributed by atoms with Crippen LogP contribution in [-0.4, -0.2) is 32.3 Å². The minimum absolute atomic E-state index is 0.0792. The zero-order valence-electron chi connectivity index (χ0n) is 14.6. The molecule has 5 nitrogen and oxygen atoms in total. The minimum atomic E-state index is -3.67. The summed E-state index contributed by atoms with van der Waals surface area (Å²) in [5.74, 6) is -0.0792. The van der Waals surface area contributed by atoms with E-state index in [0.29, 0.717) is 24.3 Å². The number of rotatable bonds is 8. The fourth-order valence-corrected chi connectivity index (χ4v) is 3.64. The molecule has 0 heterocycles. The molecule has 0 bridgehead atoms. The number of anilines is 1. The molecule has 0 unspecified atom stereocenters. The molecular weight excluding hydrogens is 336 g/mol. The van der Waals surface area contributed by atoms with Crippen LogP contribution in [-0.2, 0) is 10.0 Å². The highest BCUT2D eigenvalue weighted by atomic mass is 32.2. The maximum Gasteiger partial charge on any atom is 0.261 e. The van der Waals surface area contributed by atoms with Gasteiger partial charge in [0.25, 0.3) is 15.9 Å². The van der Waals surface area contributed by atoms with Crippen LogP contribution < -0.4 is 4.72 Å². The zero-order chi connectivity index (χ0) is 18.3. The van der Waals surface area contributed by atoms with Crippen LogP contribution in [0.2, 0.25) is 0 Å². The summed E-state index contributed by atoms with van der Waals surface area (Å²) in [6.07, 6.45) is 1.76. The van der Waals surface area contributed by atoms with Gasteiger partial charge in [0.15, 0.2) is 0 Å². The van der Waals surface area contributed by atoms with Gasteiger partial charge in [0.2, 0.25) is 0 Å². The fraction of sp³-hybridized carbons (Fsp3) is 0.316. The summed E-state index contributed by atoms with van der Waals surface area (Å²) < 4.78 is 27.4. The lowest BCUT2D eigenvalue weighted by atomic mass is 10.1. The van der Waals surface area contributed by atoms with Crippen LogP contribution >= 0.6 is 0 Å². The number of amides is 1. The van der Waals surface area contributed by atoms with Crippen molar-refractivity contribution in [1.29, 1.82) is 0 Å². The summed E-state index contributed by atoms with van der Waals surface area (Å²) >= 11 is 0. The van der Waals surface area contributed by atoms with E-state index in [1.54, 1.807) is 47.4 Å². The maximum atomic E-state index is 12.7. The Bertz CT molecular complexity index is 798. The van der Waals surface area contributed by atoms with Crippen molar-refractivity contribution >= 4 is 21.6 Å². The molecule has 0 atom stereocenters. The van der Waals surface area contributed by atoms with E-state index in [-0.39, 0.29) is 10.8 Å². The summed E-state index contributed by atoms with van der Waals surface area (Å²) in [4.78, 5) is 14.6. The molecule has 134 valence electrons. The molecule has 0 fully saturated rings. The molecule has 2 rings (SSSR count). The number of hydrogen-bond donors (Lipinski definition) is 1. The summed E-state index contributed by atoms with van der Waals surface area (Å²) in [7, 11) is -3.67. The molecule has 2 aromatic carbocycles. The van der Waals surface area contributed by atoms with E-state index in [4.69, 9.17) is 0 Å². The predicted octanol–water partition coefficient (Wildman–Crippen LogP) is 3.75. The number of nitrogens with zero attached hydrogens (tertiary/aromatic N) is 1. The fourth-order valence-electron chi connectivity index (χ4n) is 2.57. The molecule has 25 heavy (non-hydrogen) atoms. The van der Waals surface area contributed by atoms with Gasteiger partial charge < -0.3 is 4.90 Å². The second kappa shape index (κ2) is 8.67. The summed E-state index contributed by atoms with van der Waals surface area (Å²) in [6.45, 7) is 5.43. The molecule has 0 radical (unpaired) electrons. The SMILES string of the molecule is CCCN(CCC)C(=O)c1cccc(NS(=O)(=O)c2ccccc2)c1. The van der Waals surface area contributed by atoms with Gasteiger partial charge in [-0.2, -0.15) is 0 Å². The third-order valence-electron chi connectivity index (χ3n) is 3.69. The predicted molar refractivity (Wildman–Crippen MR) is 100 cm³/mol. The van der Waals surface area contributed by atoms with Gasteiger partial charge in [-0.15, -0.1) is 0 Å². The first kappa shape index (κ1) is 19.0. The Hall–Kier alpha value is -2.34. The van der Waals surface area contributed by atoms with Crippen molar-refractivity contribution in [3.8, 4) is 0 Å². The molecule has 0 aromatic heterocycles. The molecule has 0 spiro atoms. The average Bonchev–Trinajstić information content (AvgIpc) is 2.61. The van der Waals surface area contributed by atoms with Gasteiger partial charge in [-0.05, 0) is 43.2 Å². The van der Waals surface area contributed by atoms with Crippen molar-refractivity contribution in [1.82, 2.24) is 4.90 Å². The van der Waals surface area contributed by atoms with E-state index in [2.05, 4.69) is 4.72 Å². The van der Waals surface area contributed by atoms with Crippen LogP contribution in [0.4, 0.5) is 5.69 Å². The molecular formula is C19H24N2O3S. The Morgan fingerprint density at radius 3 is 2.20 bits per heavy atom. The minimum Gasteiger partial charge on any atom is -0.339 e. The first-order valence-corrected chi connectivity index (χ1v) is 9.93. The first-order valence-electron chi connectivity index (χ1n) is 8.45. The van der Waals surface area contributed by atoms with E-state index < -0.39 is 10.0 Å². The Kier molecular flexibility index (Phi) is 6.58. The first-order chi connectivity index (χ1) is 12.0. The van der Waals surface area contributed by atoms with Crippen LogP contribution in [0.25, 0.3) is 0 Å². The second-order valence-corrected chi connectivity index (χ2v) is 7.47. The van der Waals surface area contributed by atoms with Gasteiger partial charge >= 0.3 is 0 Å². The Labute approximate surface area is 149 Å². The van der Waals surface area contributed by atoms with Gasteiger partial charge in [-0.25, -0.2) is 8.42 Å². The Morgan fingerprint density at radius 2 is 1.60 bits per heavy atom. The van der Waals surface area contributed by atoms with Gasteiger partial charge in [0.05, 0.1) is 4.90 Å². The van der Waals surface area contributed by atoms with E-state index in [9.17, 15) is 13.2 Å². The molecule has 1 amide bonds. The smallest absolute Gasteiger partial charge is 0.261 e. The lowest BCUT2D eigenvalue weighted by Crippen LogP contribution is -2.32. The van der Waals surface area contributed by atoms with Crippen molar-refractivity contribution in [3.05, 3.63) is 60.2 Å². The monoisotopic (exact) mass is 360 g/mol. The highest BCUT2D eigenvalue weighted by Crippen LogP contribution is 2.18. The number of sulfonamides is 1. The number of benzene rings is 2. The standard InChI is InChI=1S/C19H24N2O3S/c1-3-13-21(14-4-2)19(22)16-9-8-10-17(15-16)20-25(23,24)18-11-6-5-7-12-18/h5-12,15,20H,3-4,13-14H2,1-2H3. The number of hydrogen-bond acceptors (Lipinski definition) is 3. The topological polar surface area (TPSA) is 66.5 Å². The third kappa shape index (κ3) is 5.06. The number of nitrogens with one attached hydrogen (secondary N) is 1. The molecule has 1 N–H and O–H groups in total. The quantitative estimate of drug-likeness (QED) is 0.780. The van der Waals surface area contributed by atoms with Gasteiger partial charge in [0, 0.05) is 24.3 Å². The third-order valence-corrected chi connectivity index (χ3v) is 5.09. The molecule has 0 saturated carbocycles. The lowest BCUT2D eigenvalue weighted by Gasteiger charge is -2.21. The van der Waals surface area contributed by atoms with Crippen molar-refractivity contribution in [2.75, 3.05) is 17.8 Å². The highest BCUT2D eigenvalue weighted by molar-refractivity contribution is 7.92. The molecule has 2 aromatic rings. The van der Waals surface area contributed by atoms with Gasteiger partial charge in [-0.1, -0.05) is 38.1 Å². The highest BCUT2D eigenvalue weighted by Gasteiger charge is 2.17. The summed E-state index contributed by atoms with van der Waals surface area (Å²) in [5.41, 5.74) is 0.859. The van der Waals surface area contributed by atoms with Crippen LogP contribution in [0.1, 0.15) is 37.0 Å². The normalized spacial score (nSPS) is 11.1. The zero-order valence-corrected chi connectivity index (χ0v) is 15.4. The van der Waals surface area contributed by atoms with Crippen molar-refractivity contribution < 1.29 is 13.2 Å². The molecule has 6 heteroatoms. The largest absolute Gasteiger partial charge is 0.339 e. The lowest BCUT2D eigenvalue weighted by molar-refractivity contribution is 0.0755. The Morgan fingerprint density at radius 1 is 0.960 bits per heavy atom. The van der Waals surface area contributed by atoms with Crippen molar-refractivity contribution in [2.45, 2.75) is 31.6 Å². The van der Waals surface area contributed by atoms with E-state index in [0.717, 1.165) is 12.8 Å². The Balaban J connectivity index is 2.22. The molecule has 0 aliphatic heterocycles. The van der Waals surface area contributed by atoms with Crippen LogP contribution in [0.5, 0.6) is 0 Å². The van der Waals surface area contributed by atoms with Gasteiger partial charge in [0.1, 0.15) is 0 Å². The van der Waals surface area contributed by atoms with Crippen LogP contribution in [0.3, 0.4) is 0 Å². The molecule has 0 aliphatic rings. The van der Waals surface area contributed by atoms with Crippen molar-refractivity contribution in [2.24, 2.45) is 0 Å². The van der Waals surface area contributed by atoms with E-state index in [1.807, 2.05) is 13.8 Å². The van der Waals surface area contributed by atoms with E-state index >= 15 is 0 Å². The number of carbonyl (C=O) groups is 1. The summed E-state index contributed by atoms with van der Waals surface area (Å²) in [5, 5.41) is 0. The van der Waals surface area contributed by atoms with Gasteiger partial charge in [-0.3, -0.25) is 9.52 Å². The van der Waals surface area contributed by atoms with Crippen LogP contribution in [0, 0.1) is 0 Å². The molecule has 0 saturated heterocycles. The molecule has 0 aliphatic carbocycles. The number of carbonyl (C=O) groups excluding carboxylic acids is 1. The van der Waals surface area contributed by atoms with Crippen molar-refractivity contribution in [3.63, 3.8) is 0 Å². The van der Waals surface area contributed by atoms with E-state index in [1.165, 1.54) is 12.1 Å².